The van der Waals surface area contributed by atoms with Crippen molar-refractivity contribution >= 4 is 29.3 Å². The maximum Gasteiger partial charge on any atom is 0.339 e. The Morgan fingerprint density at radius 1 is 1.39 bits per heavy atom. The molecule has 0 bridgehead atoms. The van der Waals surface area contributed by atoms with Crippen LogP contribution in [0.2, 0.25) is 0 Å². The van der Waals surface area contributed by atoms with Gasteiger partial charge in [0.1, 0.15) is 5.56 Å². The van der Waals surface area contributed by atoms with Crippen LogP contribution in [0.25, 0.3) is 0 Å². The van der Waals surface area contributed by atoms with Crippen LogP contribution in [0.15, 0.2) is 18.2 Å². The molecule has 3 N–H and O–H groups in total. The van der Waals surface area contributed by atoms with Gasteiger partial charge in [0, 0.05) is 0 Å². The third-order valence-corrected chi connectivity index (χ3v) is 4.12. The number of hydrogen-bond donors (Lipinski definition) is 3. The van der Waals surface area contributed by atoms with Crippen LogP contribution >= 0.6 is 11.8 Å². The molecule has 1 aromatic rings. The molecule has 0 saturated carbocycles. The van der Waals surface area contributed by atoms with E-state index in [1.165, 1.54) is 18.2 Å². The van der Waals surface area contributed by atoms with Gasteiger partial charge in [-0.3, -0.25) is 4.79 Å². The first kappa shape index (κ1) is 12.8. The summed E-state index contributed by atoms with van der Waals surface area (Å²) >= 11 is 1.58. The van der Waals surface area contributed by atoms with Crippen LogP contribution in [-0.4, -0.2) is 33.1 Å². The lowest BCUT2D eigenvalue weighted by atomic mass is 10.1. The molecule has 1 amide bonds. The monoisotopic (exact) mass is 267 g/mol. The maximum absolute atomic E-state index is 11.9. The maximum atomic E-state index is 11.9. The normalized spacial score (nSPS) is 18.6. The van der Waals surface area contributed by atoms with Gasteiger partial charge in [0.2, 0.25) is 5.91 Å². The molecule has 1 saturated heterocycles. The number of phenols is 1. The topological polar surface area (TPSA) is 86.6 Å². The molecule has 0 spiro atoms. The second-order valence-electron chi connectivity index (χ2n) is 4.00. The molecule has 1 fully saturated rings. The first-order valence-electron chi connectivity index (χ1n) is 5.57. The average molecular weight is 267 g/mol. The van der Waals surface area contributed by atoms with E-state index in [9.17, 15) is 14.7 Å². The number of carboxylic acid groups (broad SMARTS) is 1. The number of carbonyl (C=O) groups excluding carboxylic acids is 1. The van der Waals surface area contributed by atoms with Crippen LogP contribution < -0.4 is 5.32 Å². The highest BCUT2D eigenvalue weighted by Gasteiger charge is 2.24. The lowest BCUT2D eigenvalue weighted by Crippen LogP contribution is -2.23. The van der Waals surface area contributed by atoms with Gasteiger partial charge in [0.15, 0.2) is 5.75 Å². The Labute approximate surface area is 108 Å². The number of benzene rings is 1. The number of anilines is 1. The molecular weight excluding hydrogens is 254 g/mol. The molecule has 5 nitrogen and oxygen atoms in total. The predicted octanol–water partition coefficient (Wildman–Crippen LogP) is 1.92. The van der Waals surface area contributed by atoms with Crippen molar-refractivity contribution in [3.8, 4) is 5.75 Å². The van der Waals surface area contributed by atoms with Crippen LogP contribution in [0.5, 0.6) is 5.75 Å². The van der Waals surface area contributed by atoms with Crippen molar-refractivity contribution in [2.75, 3.05) is 11.1 Å². The number of nitrogens with one attached hydrogen (secondary N) is 1. The summed E-state index contributed by atoms with van der Waals surface area (Å²) in [5.74, 6) is -0.852. The quantitative estimate of drug-likeness (QED) is 0.728. The number of thioether (sulfide) groups is 1. The lowest BCUT2D eigenvalue weighted by molar-refractivity contribution is -0.115. The van der Waals surface area contributed by atoms with Gasteiger partial charge in [-0.15, -0.1) is 11.8 Å². The standard InChI is InChI=1S/C12H13NO4S/c14-10-7(12(16)17)3-1-4-8(10)13-11(15)9-5-2-6-18-9/h1,3-4,9,14H,2,5-6H2,(H,13,15)(H,16,17). The van der Waals surface area contributed by atoms with Crippen molar-refractivity contribution in [1.29, 1.82) is 0 Å². The molecule has 1 heterocycles. The third kappa shape index (κ3) is 2.59. The van der Waals surface area contributed by atoms with E-state index >= 15 is 0 Å². The fourth-order valence-corrected chi connectivity index (χ4v) is 2.98. The molecule has 6 heteroatoms. The zero-order chi connectivity index (χ0) is 13.1. The minimum Gasteiger partial charge on any atom is -0.505 e. The smallest absolute Gasteiger partial charge is 0.339 e. The Morgan fingerprint density at radius 2 is 2.17 bits per heavy atom. The number of carbonyl (C=O) groups is 2. The lowest BCUT2D eigenvalue weighted by Gasteiger charge is -2.12. The molecule has 1 aliphatic heterocycles. The Bertz CT molecular complexity index is 483. The number of amides is 1. The number of para-hydroxylation sites is 1. The van der Waals surface area contributed by atoms with Crippen molar-refractivity contribution < 1.29 is 19.8 Å². The first-order chi connectivity index (χ1) is 8.59. The molecule has 0 aliphatic carbocycles. The molecule has 0 radical (unpaired) electrons. The van der Waals surface area contributed by atoms with E-state index in [0.29, 0.717) is 0 Å². The van der Waals surface area contributed by atoms with Crippen LogP contribution in [0.1, 0.15) is 23.2 Å². The average Bonchev–Trinajstić information content (AvgIpc) is 2.85. The minimum absolute atomic E-state index is 0.113. The fraction of sp³-hybridized carbons (Fsp3) is 0.333. The van der Waals surface area contributed by atoms with Gasteiger partial charge in [-0.25, -0.2) is 4.79 Å². The Morgan fingerprint density at radius 3 is 2.78 bits per heavy atom. The van der Waals surface area contributed by atoms with Crippen LogP contribution in [-0.2, 0) is 4.79 Å². The van der Waals surface area contributed by atoms with Gasteiger partial charge in [0.05, 0.1) is 10.9 Å². The number of carboxylic acids is 1. The molecule has 1 aliphatic rings. The molecule has 96 valence electrons. The predicted molar refractivity (Wildman–Crippen MR) is 69.2 cm³/mol. The molecular formula is C12H13NO4S. The summed E-state index contributed by atoms with van der Waals surface area (Å²) in [6.45, 7) is 0. The zero-order valence-electron chi connectivity index (χ0n) is 9.55. The van der Waals surface area contributed by atoms with Crippen molar-refractivity contribution in [3.05, 3.63) is 23.8 Å². The van der Waals surface area contributed by atoms with Gasteiger partial charge in [-0.1, -0.05) is 6.07 Å². The third-order valence-electron chi connectivity index (χ3n) is 2.75. The van der Waals surface area contributed by atoms with E-state index in [-0.39, 0.29) is 22.4 Å². The molecule has 18 heavy (non-hydrogen) atoms. The highest BCUT2D eigenvalue weighted by molar-refractivity contribution is 8.00. The number of hydrogen-bond acceptors (Lipinski definition) is 4. The van der Waals surface area contributed by atoms with Crippen molar-refractivity contribution in [2.45, 2.75) is 18.1 Å². The van der Waals surface area contributed by atoms with Crippen molar-refractivity contribution in [2.24, 2.45) is 0 Å². The molecule has 0 aromatic heterocycles. The number of aromatic hydroxyl groups is 1. The Hall–Kier alpha value is -1.69. The highest BCUT2D eigenvalue weighted by Crippen LogP contribution is 2.31. The van der Waals surface area contributed by atoms with E-state index in [0.717, 1.165) is 18.6 Å². The molecule has 1 atom stereocenters. The highest BCUT2D eigenvalue weighted by atomic mass is 32.2. The first-order valence-corrected chi connectivity index (χ1v) is 6.62. The zero-order valence-corrected chi connectivity index (χ0v) is 10.4. The van der Waals surface area contributed by atoms with E-state index < -0.39 is 11.7 Å². The van der Waals surface area contributed by atoms with E-state index in [2.05, 4.69) is 5.32 Å². The minimum atomic E-state index is -1.22. The van der Waals surface area contributed by atoms with E-state index in [1.807, 2.05) is 0 Å². The summed E-state index contributed by atoms with van der Waals surface area (Å²) in [5.41, 5.74) is -0.0701. The Kier molecular flexibility index (Phi) is 3.76. The summed E-state index contributed by atoms with van der Waals surface area (Å²) < 4.78 is 0. The number of rotatable bonds is 3. The second kappa shape index (κ2) is 5.30. The summed E-state index contributed by atoms with van der Waals surface area (Å²) in [6.07, 6.45) is 1.82. The van der Waals surface area contributed by atoms with Crippen molar-refractivity contribution in [3.63, 3.8) is 0 Å². The van der Waals surface area contributed by atoms with Crippen LogP contribution in [0.3, 0.4) is 0 Å². The fourth-order valence-electron chi connectivity index (χ4n) is 1.81. The second-order valence-corrected chi connectivity index (χ2v) is 5.31. The van der Waals surface area contributed by atoms with Gasteiger partial charge in [-0.2, -0.15) is 0 Å². The van der Waals surface area contributed by atoms with Crippen molar-refractivity contribution in [1.82, 2.24) is 0 Å². The van der Waals surface area contributed by atoms with Gasteiger partial charge >= 0.3 is 5.97 Å². The van der Waals surface area contributed by atoms with Gasteiger partial charge in [0.25, 0.3) is 0 Å². The van der Waals surface area contributed by atoms with E-state index in [4.69, 9.17) is 5.11 Å². The SMILES string of the molecule is O=C(O)c1cccc(NC(=O)C2CCCS2)c1O. The summed E-state index contributed by atoms with van der Waals surface area (Å²) in [6, 6.07) is 4.26. The molecule has 1 aromatic carbocycles. The number of aromatic carboxylic acids is 1. The van der Waals surface area contributed by atoms with Crippen LogP contribution in [0.4, 0.5) is 5.69 Å². The summed E-state index contributed by atoms with van der Waals surface area (Å²) in [4.78, 5) is 22.7. The summed E-state index contributed by atoms with van der Waals surface area (Å²) in [7, 11) is 0. The largest absolute Gasteiger partial charge is 0.505 e. The summed E-state index contributed by atoms with van der Waals surface area (Å²) in [5, 5.41) is 21.1. The van der Waals surface area contributed by atoms with Crippen LogP contribution in [0, 0.1) is 0 Å². The van der Waals surface area contributed by atoms with E-state index in [1.54, 1.807) is 11.8 Å². The molecule has 2 rings (SSSR count). The van der Waals surface area contributed by atoms with Gasteiger partial charge in [-0.05, 0) is 30.7 Å². The van der Waals surface area contributed by atoms with Gasteiger partial charge < -0.3 is 15.5 Å². The molecule has 1 unspecified atom stereocenters. The Balaban J connectivity index is 2.16.